The molecule has 0 amide bonds. The van der Waals surface area contributed by atoms with E-state index in [4.69, 9.17) is 4.74 Å². The highest BCUT2D eigenvalue weighted by Gasteiger charge is 2.57. The van der Waals surface area contributed by atoms with Crippen molar-refractivity contribution in [2.75, 3.05) is 0 Å². The number of aliphatic hydroxyl groups is 1. The molecule has 0 saturated heterocycles. The first-order chi connectivity index (χ1) is 10.9. The number of hydrogen-bond donors (Lipinski definition) is 1. The number of carbonyl (C=O) groups is 1. The van der Waals surface area contributed by atoms with Gasteiger partial charge in [-0.2, -0.15) is 0 Å². The maximum Gasteiger partial charge on any atom is 0.309 e. The summed E-state index contributed by atoms with van der Waals surface area (Å²) in [6.45, 7) is 4.68. The van der Waals surface area contributed by atoms with E-state index in [0.29, 0.717) is 29.6 Å². The Bertz CT molecular complexity index is 511. The molecule has 6 bridgehead atoms. The second-order valence-corrected chi connectivity index (χ2v) is 9.82. The van der Waals surface area contributed by atoms with Crippen LogP contribution in [0.25, 0.3) is 0 Å². The number of esters is 1. The summed E-state index contributed by atoms with van der Waals surface area (Å²) in [5, 5.41) is 10.7. The first kappa shape index (κ1) is 14.7. The fourth-order valence-electron chi connectivity index (χ4n) is 7.56. The molecule has 0 radical (unpaired) electrons. The molecule has 0 aromatic rings. The zero-order valence-electron chi connectivity index (χ0n) is 14.4. The van der Waals surface area contributed by atoms with E-state index in [-0.39, 0.29) is 18.0 Å². The lowest BCUT2D eigenvalue weighted by atomic mass is 9.53. The average molecular weight is 318 g/mol. The third kappa shape index (κ3) is 2.08. The van der Waals surface area contributed by atoms with Crippen LogP contribution in [0.3, 0.4) is 0 Å². The zero-order chi connectivity index (χ0) is 15.9. The molecule has 0 spiro atoms. The predicted molar refractivity (Wildman–Crippen MR) is 86.4 cm³/mol. The molecule has 7 unspecified atom stereocenters. The van der Waals surface area contributed by atoms with Gasteiger partial charge in [-0.1, -0.05) is 13.8 Å². The van der Waals surface area contributed by atoms with E-state index in [0.717, 1.165) is 37.5 Å². The van der Waals surface area contributed by atoms with Gasteiger partial charge in [0.05, 0.1) is 11.5 Å². The maximum atomic E-state index is 12.9. The molecule has 3 nitrogen and oxygen atoms in total. The topological polar surface area (TPSA) is 46.5 Å². The second kappa shape index (κ2) is 4.74. The predicted octanol–water partition coefficient (Wildman–Crippen LogP) is 3.40. The molecular weight excluding hydrogens is 288 g/mol. The number of ether oxygens (including phenoxy) is 1. The minimum Gasteiger partial charge on any atom is -0.462 e. The zero-order valence-corrected chi connectivity index (χ0v) is 14.4. The molecule has 0 aliphatic heterocycles. The Morgan fingerprint density at radius 1 is 0.957 bits per heavy atom. The minimum atomic E-state index is -0.435. The van der Waals surface area contributed by atoms with Gasteiger partial charge >= 0.3 is 5.97 Å². The quantitative estimate of drug-likeness (QED) is 0.794. The number of fused-ring (bicyclic) bond motifs is 2. The van der Waals surface area contributed by atoms with Gasteiger partial charge in [0.15, 0.2) is 0 Å². The lowest BCUT2D eigenvalue weighted by molar-refractivity contribution is -0.202. The van der Waals surface area contributed by atoms with E-state index in [2.05, 4.69) is 13.8 Å². The summed E-state index contributed by atoms with van der Waals surface area (Å²) in [6.07, 6.45) is 7.45. The summed E-state index contributed by atoms with van der Waals surface area (Å²) in [4.78, 5) is 12.9. The lowest BCUT2D eigenvalue weighted by Gasteiger charge is -2.57. The van der Waals surface area contributed by atoms with Crippen molar-refractivity contribution in [3.63, 3.8) is 0 Å². The Balaban J connectivity index is 1.29. The van der Waals surface area contributed by atoms with Crippen LogP contribution in [0.2, 0.25) is 0 Å². The highest BCUT2D eigenvalue weighted by atomic mass is 16.5. The molecule has 6 aliphatic carbocycles. The Kier molecular flexibility index (Phi) is 3.04. The van der Waals surface area contributed by atoms with Gasteiger partial charge in [0, 0.05) is 0 Å². The third-order valence-electron chi connectivity index (χ3n) is 8.61. The van der Waals surface area contributed by atoms with Gasteiger partial charge in [-0.25, -0.2) is 0 Å². The maximum absolute atomic E-state index is 12.9. The van der Waals surface area contributed by atoms with Crippen LogP contribution < -0.4 is 0 Å². The minimum absolute atomic E-state index is 0.0979. The van der Waals surface area contributed by atoms with E-state index in [1.54, 1.807) is 0 Å². The molecule has 0 aromatic heterocycles. The molecular formula is C20H30O3. The Hall–Kier alpha value is -0.570. The Morgan fingerprint density at radius 2 is 1.65 bits per heavy atom. The molecule has 1 N–H and O–H groups in total. The molecule has 6 saturated carbocycles. The SMILES string of the molecule is CC1C2CC(C(=O)OC3C4CC5CC3CC(O)(C5)C4)C(C2)C1C. The van der Waals surface area contributed by atoms with Gasteiger partial charge < -0.3 is 9.84 Å². The van der Waals surface area contributed by atoms with Crippen molar-refractivity contribution in [1.29, 1.82) is 0 Å². The summed E-state index contributed by atoms with van der Waals surface area (Å²) in [6, 6.07) is 0. The molecule has 3 heteroatoms. The highest BCUT2D eigenvalue weighted by Crippen LogP contribution is 2.58. The summed E-state index contributed by atoms with van der Waals surface area (Å²) in [7, 11) is 0. The highest BCUT2D eigenvalue weighted by molar-refractivity contribution is 5.74. The van der Waals surface area contributed by atoms with Gasteiger partial charge in [0.25, 0.3) is 0 Å². The molecule has 6 fully saturated rings. The second-order valence-electron chi connectivity index (χ2n) is 9.82. The molecule has 0 aromatic carbocycles. The normalized spacial score (nSPS) is 59.5. The molecule has 0 heterocycles. The smallest absolute Gasteiger partial charge is 0.309 e. The summed E-state index contributed by atoms with van der Waals surface area (Å²) in [5.74, 6) is 4.53. The number of rotatable bonds is 2. The van der Waals surface area contributed by atoms with Gasteiger partial charge in [0.1, 0.15) is 6.10 Å². The number of hydrogen-bond acceptors (Lipinski definition) is 3. The molecule has 23 heavy (non-hydrogen) atoms. The Morgan fingerprint density at radius 3 is 2.22 bits per heavy atom. The Labute approximate surface area is 139 Å². The molecule has 7 atom stereocenters. The summed E-state index contributed by atoms with van der Waals surface area (Å²) >= 11 is 0. The fraction of sp³-hybridized carbons (Fsp3) is 0.950. The van der Waals surface area contributed by atoms with Crippen molar-refractivity contribution in [2.24, 2.45) is 47.3 Å². The average Bonchev–Trinajstić information content (AvgIpc) is 3.02. The van der Waals surface area contributed by atoms with Crippen molar-refractivity contribution >= 4 is 5.97 Å². The van der Waals surface area contributed by atoms with Crippen LogP contribution in [-0.2, 0) is 9.53 Å². The number of carbonyl (C=O) groups excluding carboxylic acids is 1. The van der Waals surface area contributed by atoms with E-state index in [1.807, 2.05) is 0 Å². The van der Waals surface area contributed by atoms with Crippen LogP contribution in [0, 0.1) is 47.3 Å². The van der Waals surface area contributed by atoms with E-state index in [9.17, 15) is 9.90 Å². The first-order valence-corrected chi connectivity index (χ1v) is 9.86. The van der Waals surface area contributed by atoms with Gasteiger partial charge in [0.2, 0.25) is 0 Å². The third-order valence-corrected chi connectivity index (χ3v) is 8.61. The van der Waals surface area contributed by atoms with Gasteiger partial charge in [-0.05, 0) is 86.4 Å². The summed E-state index contributed by atoms with van der Waals surface area (Å²) < 4.78 is 6.14. The van der Waals surface area contributed by atoms with Crippen molar-refractivity contribution < 1.29 is 14.6 Å². The van der Waals surface area contributed by atoms with Gasteiger partial charge in [-0.15, -0.1) is 0 Å². The standard InChI is InChI=1S/C20H30O3/c1-10-11(2)16-5-13(10)6-17(16)19(21)23-18-14-3-12-4-15(18)9-20(22,7-12)8-14/h10-18,22H,3-9H2,1-2H3. The first-order valence-electron chi connectivity index (χ1n) is 9.86. The van der Waals surface area contributed by atoms with Crippen molar-refractivity contribution in [3.8, 4) is 0 Å². The van der Waals surface area contributed by atoms with Crippen LogP contribution >= 0.6 is 0 Å². The summed E-state index contributed by atoms with van der Waals surface area (Å²) in [5.41, 5.74) is -0.435. The monoisotopic (exact) mass is 318 g/mol. The largest absolute Gasteiger partial charge is 0.462 e. The van der Waals surface area contributed by atoms with Crippen LogP contribution in [-0.4, -0.2) is 22.8 Å². The van der Waals surface area contributed by atoms with E-state index < -0.39 is 5.60 Å². The van der Waals surface area contributed by atoms with Crippen LogP contribution in [0.15, 0.2) is 0 Å². The van der Waals surface area contributed by atoms with Crippen LogP contribution in [0.5, 0.6) is 0 Å². The fourth-order valence-corrected chi connectivity index (χ4v) is 7.56. The van der Waals surface area contributed by atoms with Gasteiger partial charge in [-0.3, -0.25) is 4.79 Å². The van der Waals surface area contributed by atoms with Crippen molar-refractivity contribution in [1.82, 2.24) is 0 Å². The lowest BCUT2D eigenvalue weighted by Crippen LogP contribution is -2.58. The van der Waals surface area contributed by atoms with E-state index >= 15 is 0 Å². The molecule has 6 aliphatic rings. The molecule has 6 rings (SSSR count). The van der Waals surface area contributed by atoms with Crippen molar-refractivity contribution in [2.45, 2.75) is 70.5 Å². The van der Waals surface area contributed by atoms with Crippen LogP contribution in [0.1, 0.15) is 58.8 Å². The van der Waals surface area contributed by atoms with E-state index in [1.165, 1.54) is 19.3 Å². The van der Waals surface area contributed by atoms with Crippen LogP contribution in [0.4, 0.5) is 0 Å². The van der Waals surface area contributed by atoms with Crippen molar-refractivity contribution in [3.05, 3.63) is 0 Å². The molecule has 128 valence electrons.